The third-order valence-electron chi connectivity index (χ3n) is 7.15. The van der Waals surface area contributed by atoms with Gasteiger partial charge in [-0.2, -0.15) is 0 Å². The molecule has 0 radical (unpaired) electrons. The van der Waals surface area contributed by atoms with Crippen molar-refractivity contribution in [2.75, 3.05) is 19.0 Å². The van der Waals surface area contributed by atoms with Gasteiger partial charge in [-0.3, -0.25) is 0 Å². The van der Waals surface area contributed by atoms with Gasteiger partial charge in [-0.25, -0.2) is 9.18 Å². The summed E-state index contributed by atoms with van der Waals surface area (Å²) in [6, 6.07) is 29.1. The second kappa shape index (κ2) is 12.4. The van der Waals surface area contributed by atoms with Crippen molar-refractivity contribution in [1.82, 2.24) is 0 Å². The zero-order valence-electron chi connectivity index (χ0n) is 23.4. The van der Waals surface area contributed by atoms with E-state index in [0.717, 1.165) is 28.1 Å². The molecule has 5 rings (SSSR count). The SMILES string of the molecule is COc1ccc(CNc2ccc3c(c2)C(OCCc2ccccc2)C(OC(=O)c2ccc(F)cc2)C(C)(C)O3)cc1. The summed E-state index contributed by atoms with van der Waals surface area (Å²) in [5, 5.41) is 3.46. The Hall–Kier alpha value is -4.36. The van der Waals surface area contributed by atoms with E-state index in [-0.39, 0.29) is 5.56 Å². The Morgan fingerprint density at radius 2 is 1.66 bits per heavy atom. The van der Waals surface area contributed by atoms with Crippen LogP contribution in [0.25, 0.3) is 0 Å². The number of nitrogens with one attached hydrogen (secondary N) is 1. The number of halogens is 1. The Balaban J connectivity index is 1.40. The predicted molar refractivity (Wildman–Crippen MR) is 156 cm³/mol. The molecule has 1 aliphatic rings. The lowest BCUT2D eigenvalue weighted by atomic mass is 9.87. The summed E-state index contributed by atoms with van der Waals surface area (Å²) in [7, 11) is 1.65. The standard InChI is InChI=1S/C34H34FNO5/c1-34(2)32(40-33(37)25-11-13-26(35)14-12-25)31(39-20-19-23-7-5-4-6-8-23)29-21-27(15-18-30(29)41-34)36-22-24-9-16-28(38-3)17-10-24/h4-18,21,31-32,36H,19-20,22H2,1-3H3. The number of methoxy groups -OCH3 is 1. The molecule has 7 heteroatoms. The molecule has 0 amide bonds. The van der Waals surface area contributed by atoms with Crippen LogP contribution < -0.4 is 14.8 Å². The van der Waals surface area contributed by atoms with Crippen molar-refractivity contribution in [3.63, 3.8) is 0 Å². The highest BCUT2D eigenvalue weighted by molar-refractivity contribution is 5.89. The van der Waals surface area contributed by atoms with Gasteiger partial charge in [0.15, 0.2) is 6.10 Å². The number of anilines is 1. The lowest BCUT2D eigenvalue weighted by Crippen LogP contribution is -2.51. The molecule has 1 N–H and O–H groups in total. The molecular weight excluding hydrogens is 521 g/mol. The lowest BCUT2D eigenvalue weighted by molar-refractivity contribution is -0.139. The molecule has 1 heterocycles. The van der Waals surface area contributed by atoms with E-state index in [1.807, 2.05) is 74.5 Å². The molecule has 41 heavy (non-hydrogen) atoms. The van der Waals surface area contributed by atoms with Crippen LogP contribution in [0.2, 0.25) is 0 Å². The second-order valence-corrected chi connectivity index (χ2v) is 10.5. The number of ether oxygens (including phenoxy) is 4. The van der Waals surface area contributed by atoms with Gasteiger partial charge >= 0.3 is 5.97 Å². The predicted octanol–water partition coefficient (Wildman–Crippen LogP) is 7.14. The quantitative estimate of drug-likeness (QED) is 0.210. The van der Waals surface area contributed by atoms with Gasteiger partial charge in [0.05, 0.1) is 19.3 Å². The maximum atomic E-state index is 13.5. The Morgan fingerprint density at radius 3 is 2.37 bits per heavy atom. The lowest BCUT2D eigenvalue weighted by Gasteiger charge is -2.43. The largest absolute Gasteiger partial charge is 0.497 e. The smallest absolute Gasteiger partial charge is 0.338 e. The maximum absolute atomic E-state index is 13.5. The van der Waals surface area contributed by atoms with E-state index in [1.165, 1.54) is 24.3 Å². The van der Waals surface area contributed by atoms with Gasteiger partial charge in [-0.15, -0.1) is 0 Å². The molecule has 0 saturated carbocycles. The van der Waals surface area contributed by atoms with Gasteiger partial charge in [-0.1, -0.05) is 42.5 Å². The van der Waals surface area contributed by atoms with Crippen LogP contribution in [0, 0.1) is 5.82 Å². The van der Waals surface area contributed by atoms with Crippen molar-refractivity contribution in [2.45, 2.75) is 44.6 Å². The number of hydrogen-bond acceptors (Lipinski definition) is 6. The molecule has 212 valence electrons. The summed E-state index contributed by atoms with van der Waals surface area (Å²) < 4.78 is 37.7. The highest BCUT2D eigenvalue weighted by atomic mass is 19.1. The van der Waals surface area contributed by atoms with Crippen LogP contribution in [0.4, 0.5) is 10.1 Å². The summed E-state index contributed by atoms with van der Waals surface area (Å²) in [6.45, 7) is 4.78. The van der Waals surface area contributed by atoms with E-state index in [1.54, 1.807) is 7.11 Å². The molecule has 2 unspecified atom stereocenters. The molecule has 0 aromatic heterocycles. The summed E-state index contributed by atoms with van der Waals surface area (Å²) in [5.74, 6) is 0.483. The third kappa shape index (κ3) is 6.87. The zero-order chi connectivity index (χ0) is 28.8. The van der Waals surface area contributed by atoms with Crippen LogP contribution in [0.3, 0.4) is 0 Å². The molecule has 0 fully saturated rings. The fraction of sp³-hybridized carbons (Fsp3) is 0.265. The molecule has 0 spiro atoms. The minimum atomic E-state index is -0.891. The van der Waals surface area contributed by atoms with E-state index >= 15 is 0 Å². The molecule has 0 saturated heterocycles. The molecule has 1 aliphatic heterocycles. The van der Waals surface area contributed by atoms with E-state index in [2.05, 4.69) is 17.4 Å². The first-order valence-corrected chi connectivity index (χ1v) is 13.6. The van der Waals surface area contributed by atoms with Crippen LogP contribution >= 0.6 is 0 Å². The Kier molecular flexibility index (Phi) is 8.55. The van der Waals surface area contributed by atoms with Crippen LogP contribution in [-0.2, 0) is 22.4 Å². The average molecular weight is 556 g/mol. The summed E-state index contributed by atoms with van der Waals surface area (Å²) in [6.07, 6.45) is -0.660. The molecule has 0 bridgehead atoms. The molecule has 4 aromatic rings. The first kappa shape index (κ1) is 28.2. The van der Waals surface area contributed by atoms with E-state index in [9.17, 15) is 9.18 Å². The normalized spacial score (nSPS) is 17.2. The number of benzene rings is 4. The first-order chi connectivity index (χ1) is 19.8. The minimum absolute atomic E-state index is 0.256. The van der Waals surface area contributed by atoms with Gasteiger partial charge in [0.1, 0.15) is 29.0 Å². The van der Waals surface area contributed by atoms with Gasteiger partial charge in [-0.05, 0) is 86.0 Å². The number of hydrogen-bond donors (Lipinski definition) is 1. The van der Waals surface area contributed by atoms with Crippen molar-refractivity contribution in [3.8, 4) is 11.5 Å². The fourth-order valence-electron chi connectivity index (χ4n) is 4.89. The van der Waals surface area contributed by atoms with Crippen molar-refractivity contribution in [3.05, 3.63) is 125 Å². The molecule has 6 nitrogen and oxygen atoms in total. The average Bonchev–Trinajstić information content (AvgIpc) is 2.98. The zero-order valence-corrected chi connectivity index (χ0v) is 23.4. The van der Waals surface area contributed by atoms with Crippen LogP contribution in [-0.4, -0.2) is 31.4 Å². The Labute approximate surface area is 240 Å². The van der Waals surface area contributed by atoms with E-state index in [0.29, 0.717) is 25.3 Å². The van der Waals surface area contributed by atoms with Crippen molar-refractivity contribution in [1.29, 1.82) is 0 Å². The van der Waals surface area contributed by atoms with Crippen LogP contribution in [0.15, 0.2) is 97.1 Å². The van der Waals surface area contributed by atoms with Gasteiger partial charge < -0.3 is 24.3 Å². The fourth-order valence-corrected chi connectivity index (χ4v) is 4.89. The minimum Gasteiger partial charge on any atom is -0.497 e. The van der Waals surface area contributed by atoms with Crippen LogP contribution in [0.5, 0.6) is 11.5 Å². The van der Waals surface area contributed by atoms with Crippen molar-refractivity contribution >= 4 is 11.7 Å². The molecule has 0 aliphatic carbocycles. The topological polar surface area (TPSA) is 66.0 Å². The van der Waals surface area contributed by atoms with Crippen LogP contribution in [0.1, 0.15) is 47.0 Å². The van der Waals surface area contributed by atoms with Gasteiger partial charge in [0, 0.05) is 17.8 Å². The third-order valence-corrected chi connectivity index (χ3v) is 7.15. The highest BCUT2D eigenvalue weighted by Crippen LogP contribution is 2.44. The van der Waals surface area contributed by atoms with E-state index < -0.39 is 29.6 Å². The Bertz CT molecular complexity index is 1460. The number of esters is 1. The number of carbonyl (C=O) groups excluding carboxylic acids is 1. The number of rotatable bonds is 10. The number of fused-ring (bicyclic) bond motifs is 1. The monoisotopic (exact) mass is 555 g/mol. The molecular formula is C34H34FNO5. The second-order valence-electron chi connectivity index (χ2n) is 10.5. The van der Waals surface area contributed by atoms with Gasteiger partial charge in [0.25, 0.3) is 0 Å². The number of carbonyl (C=O) groups is 1. The molecule has 4 aromatic carbocycles. The first-order valence-electron chi connectivity index (χ1n) is 13.6. The summed E-state index contributed by atoms with van der Waals surface area (Å²) >= 11 is 0. The summed E-state index contributed by atoms with van der Waals surface area (Å²) in [5.41, 5.74) is 3.28. The maximum Gasteiger partial charge on any atom is 0.338 e. The highest BCUT2D eigenvalue weighted by Gasteiger charge is 2.47. The summed E-state index contributed by atoms with van der Waals surface area (Å²) in [4.78, 5) is 13.2. The van der Waals surface area contributed by atoms with Crippen molar-refractivity contribution < 1.29 is 28.1 Å². The molecule has 2 atom stereocenters. The van der Waals surface area contributed by atoms with Crippen molar-refractivity contribution in [2.24, 2.45) is 0 Å². The van der Waals surface area contributed by atoms with E-state index in [4.69, 9.17) is 18.9 Å². The van der Waals surface area contributed by atoms with Gasteiger partial charge in [0.2, 0.25) is 0 Å². The Morgan fingerprint density at radius 1 is 0.927 bits per heavy atom.